The van der Waals surface area contributed by atoms with Gasteiger partial charge in [0.15, 0.2) is 11.6 Å². The van der Waals surface area contributed by atoms with Gasteiger partial charge in [0.05, 0.1) is 10.5 Å². The number of carboxylic acids is 1. The van der Waals surface area contributed by atoms with E-state index in [1.54, 1.807) is 20.8 Å². The van der Waals surface area contributed by atoms with Crippen LogP contribution in [0.5, 0.6) is 5.75 Å². The number of carbonyl (C=O) groups excluding carboxylic acids is 2. The minimum absolute atomic E-state index is 0.0519. The molecule has 218 valence electrons. The van der Waals surface area contributed by atoms with Crippen LogP contribution in [0.2, 0.25) is 0 Å². The quantitative estimate of drug-likeness (QED) is 0.238. The molecule has 3 N–H and O–H groups in total. The van der Waals surface area contributed by atoms with Gasteiger partial charge in [-0.05, 0) is 93.8 Å². The fraction of sp³-hybridized carbons (Fsp3) is 0.250. The van der Waals surface area contributed by atoms with E-state index in [1.807, 2.05) is 4.72 Å². The topological polar surface area (TPSA) is 148 Å². The maximum atomic E-state index is 14.7. The Morgan fingerprint density at radius 3 is 2.17 bits per heavy atom. The number of carbonyl (C=O) groups is 3. The summed E-state index contributed by atoms with van der Waals surface area (Å²) in [5.74, 6) is -4.66. The summed E-state index contributed by atoms with van der Waals surface area (Å²) in [5, 5.41) is 12.0. The molecule has 3 aromatic carbocycles. The Morgan fingerprint density at radius 2 is 1.61 bits per heavy atom. The van der Waals surface area contributed by atoms with Crippen molar-refractivity contribution >= 4 is 33.7 Å². The Bertz CT molecular complexity index is 1570. The third-order valence-corrected chi connectivity index (χ3v) is 6.92. The number of nitrogens with one attached hydrogen (secondary N) is 2. The number of hydrogen-bond acceptors (Lipinski definition) is 7. The second-order valence-electron chi connectivity index (χ2n) is 9.99. The van der Waals surface area contributed by atoms with Crippen LogP contribution in [0, 0.1) is 18.6 Å². The zero-order valence-corrected chi connectivity index (χ0v) is 23.3. The number of carboxylic acid groups (broad SMARTS) is 1. The van der Waals surface area contributed by atoms with Crippen molar-refractivity contribution in [2.75, 3.05) is 5.32 Å². The number of esters is 1. The lowest BCUT2D eigenvalue weighted by Crippen LogP contribution is -2.42. The predicted molar refractivity (Wildman–Crippen MR) is 144 cm³/mol. The van der Waals surface area contributed by atoms with Gasteiger partial charge in [-0.2, -0.15) is 4.72 Å². The number of aliphatic carboxylic acids is 1. The van der Waals surface area contributed by atoms with Crippen LogP contribution >= 0.6 is 0 Å². The Kier molecular flexibility index (Phi) is 9.46. The van der Waals surface area contributed by atoms with Crippen molar-refractivity contribution in [3.63, 3.8) is 0 Å². The SMILES string of the molecule is Cc1ccc(S(=O)(=O)NC(Cc2ccc(OC(=O)c3ccc(NC(=O)OC(C)(C)C)cc3)c(F)c2)C(=O)O)cc1F. The number of aryl methyl sites for hydroxylation is 1. The fourth-order valence-corrected chi connectivity index (χ4v) is 4.64. The molecule has 3 rings (SSSR count). The van der Waals surface area contributed by atoms with E-state index < -0.39 is 68.4 Å². The molecular weight excluding hydrogens is 562 g/mol. The number of halogens is 2. The van der Waals surface area contributed by atoms with E-state index in [9.17, 15) is 36.7 Å². The molecule has 10 nitrogen and oxygen atoms in total. The molecule has 0 fully saturated rings. The summed E-state index contributed by atoms with van der Waals surface area (Å²) in [4.78, 5) is 35.6. The van der Waals surface area contributed by atoms with Gasteiger partial charge in [-0.3, -0.25) is 10.1 Å². The van der Waals surface area contributed by atoms with Gasteiger partial charge in [-0.1, -0.05) is 12.1 Å². The molecule has 1 atom stereocenters. The highest BCUT2D eigenvalue weighted by Gasteiger charge is 2.27. The minimum atomic E-state index is -4.41. The van der Waals surface area contributed by atoms with E-state index in [0.717, 1.165) is 24.3 Å². The van der Waals surface area contributed by atoms with Crippen molar-refractivity contribution in [1.82, 2.24) is 4.72 Å². The van der Waals surface area contributed by atoms with Crippen LogP contribution < -0.4 is 14.8 Å². The molecule has 0 aliphatic carbocycles. The van der Waals surface area contributed by atoms with Crippen LogP contribution in [0.3, 0.4) is 0 Å². The maximum Gasteiger partial charge on any atom is 0.412 e. The molecule has 0 radical (unpaired) electrons. The number of anilines is 1. The summed E-state index contributed by atoms with van der Waals surface area (Å²) in [7, 11) is -4.41. The van der Waals surface area contributed by atoms with E-state index in [4.69, 9.17) is 9.47 Å². The number of hydrogen-bond donors (Lipinski definition) is 3. The zero-order chi connectivity index (χ0) is 30.5. The van der Waals surface area contributed by atoms with Crippen molar-refractivity contribution in [2.45, 2.75) is 50.7 Å². The van der Waals surface area contributed by atoms with Crippen LogP contribution in [0.25, 0.3) is 0 Å². The van der Waals surface area contributed by atoms with Gasteiger partial charge in [-0.25, -0.2) is 26.8 Å². The lowest BCUT2D eigenvalue weighted by molar-refractivity contribution is -0.138. The third-order valence-electron chi connectivity index (χ3n) is 5.45. The first kappa shape index (κ1) is 31.2. The number of rotatable bonds is 9. The molecule has 0 aliphatic rings. The van der Waals surface area contributed by atoms with Crippen LogP contribution in [0.4, 0.5) is 19.3 Å². The normalized spacial score (nSPS) is 12.3. The highest BCUT2D eigenvalue weighted by molar-refractivity contribution is 7.89. The van der Waals surface area contributed by atoms with Crippen molar-refractivity contribution in [2.24, 2.45) is 0 Å². The van der Waals surface area contributed by atoms with E-state index in [2.05, 4.69) is 5.32 Å². The molecule has 13 heteroatoms. The lowest BCUT2D eigenvalue weighted by atomic mass is 10.1. The lowest BCUT2D eigenvalue weighted by Gasteiger charge is -2.19. The van der Waals surface area contributed by atoms with E-state index in [1.165, 1.54) is 43.3 Å². The molecule has 1 amide bonds. The molecule has 0 spiro atoms. The first-order chi connectivity index (χ1) is 19.0. The largest absolute Gasteiger partial charge is 0.480 e. The second kappa shape index (κ2) is 12.4. The molecule has 0 bridgehead atoms. The number of ether oxygens (including phenoxy) is 2. The van der Waals surface area contributed by atoms with Crippen LogP contribution in [0.1, 0.15) is 42.3 Å². The first-order valence-electron chi connectivity index (χ1n) is 12.2. The summed E-state index contributed by atoms with van der Waals surface area (Å²) >= 11 is 0. The Hall–Kier alpha value is -4.36. The van der Waals surface area contributed by atoms with Gasteiger partial charge >= 0.3 is 18.0 Å². The highest BCUT2D eigenvalue weighted by Crippen LogP contribution is 2.22. The Labute approximate surface area is 235 Å². The van der Waals surface area contributed by atoms with Gasteiger partial charge in [-0.15, -0.1) is 0 Å². The molecule has 0 heterocycles. The Morgan fingerprint density at radius 1 is 0.951 bits per heavy atom. The zero-order valence-electron chi connectivity index (χ0n) is 22.5. The fourth-order valence-electron chi connectivity index (χ4n) is 3.44. The van der Waals surface area contributed by atoms with E-state index in [-0.39, 0.29) is 16.7 Å². The predicted octanol–water partition coefficient (Wildman–Crippen LogP) is 4.81. The summed E-state index contributed by atoms with van der Waals surface area (Å²) in [6, 6.07) is 10.3. The van der Waals surface area contributed by atoms with Gasteiger partial charge in [0.2, 0.25) is 10.0 Å². The van der Waals surface area contributed by atoms with Gasteiger partial charge in [0.25, 0.3) is 0 Å². The smallest absolute Gasteiger partial charge is 0.412 e. The molecule has 41 heavy (non-hydrogen) atoms. The summed E-state index contributed by atoms with van der Waals surface area (Å²) in [6.45, 7) is 6.56. The summed E-state index contributed by atoms with van der Waals surface area (Å²) in [6.07, 6.45) is -1.14. The average Bonchev–Trinajstić information content (AvgIpc) is 2.85. The number of benzene rings is 3. The first-order valence-corrected chi connectivity index (χ1v) is 13.6. The van der Waals surface area contributed by atoms with Crippen molar-refractivity contribution in [1.29, 1.82) is 0 Å². The van der Waals surface area contributed by atoms with Crippen molar-refractivity contribution < 1.29 is 46.2 Å². The van der Waals surface area contributed by atoms with Crippen molar-refractivity contribution in [3.8, 4) is 5.75 Å². The van der Waals surface area contributed by atoms with Crippen LogP contribution in [-0.4, -0.2) is 43.2 Å². The van der Waals surface area contributed by atoms with E-state index in [0.29, 0.717) is 5.69 Å². The monoisotopic (exact) mass is 590 g/mol. The third kappa shape index (κ3) is 8.82. The second-order valence-corrected chi connectivity index (χ2v) is 11.7. The van der Waals surface area contributed by atoms with Crippen molar-refractivity contribution in [3.05, 3.63) is 89.0 Å². The van der Waals surface area contributed by atoms with Crippen LogP contribution in [-0.2, 0) is 26.0 Å². The molecule has 0 saturated carbocycles. The molecular formula is C28H28F2N2O8S. The van der Waals surface area contributed by atoms with E-state index >= 15 is 0 Å². The average molecular weight is 591 g/mol. The molecule has 0 aliphatic heterocycles. The number of amides is 1. The minimum Gasteiger partial charge on any atom is -0.480 e. The molecule has 1 unspecified atom stereocenters. The van der Waals surface area contributed by atoms with Crippen LogP contribution in [0.15, 0.2) is 65.6 Å². The molecule has 3 aromatic rings. The number of sulfonamides is 1. The van der Waals surface area contributed by atoms with Gasteiger partial charge < -0.3 is 14.6 Å². The Balaban J connectivity index is 1.66. The maximum absolute atomic E-state index is 14.7. The summed E-state index contributed by atoms with van der Waals surface area (Å²) < 4.78 is 66.0. The van der Waals surface area contributed by atoms with Gasteiger partial charge in [0, 0.05) is 5.69 Å². The van der Waals surface area contributed by atoms with Gasteiger partial charge in [0.1, 0.15) is 17.5 Å². The molecule has 0 saturated heterocycles. The summed E-state index contributed by atoms with van der Waals surface area (Å²) in [5.41, 5.74) is 0.00375. The standard InChI is InChI=1S/C28H28F2N2O8S/c1-16-5-11-20(15-21(16)29)41(37,38)32-23(25(33)34)14-17-6-12-24(22(30)13-17)39-26(35)18-7-9-19(10-8-18)31-27(36)40-28(2,3)4/h5-13,15,23,32H,14H2,1-4H3,(H,31,36)(H,33,34). The highest BCUT2D eigenvalue weighted by atomic mass is 32.2. The molecule has 0 aromatic heterocycles.